The molecule has 1 aromatic heterocycles. The number of hydrogen-bond acceptors (Lipinski definition) is 8. The van der Waals surface area contributed by atoms with Gasteiger partial charge in [-0.15, -0.1) is 0 Å². The Labute approximate surface area is 217 Å². The molecule has 0 radical (unpaired) electrons. The second-order valence-corrected chi connectivity index (χ2v) is 9.33. The van der Waals surface area contributed by atoms with Crippen molar-refractivity contribution in [3.8, 4) is 11.5 Å². The maximum absolute atomic E-state index is 12.0. The van der Waals surface area contributed by atoms with Gasteiger partial charge >= 0.3 is 6.03 Å². The number of amides is 2. The Morgan fingerprint density at radius 3 is 2.57 bits per heavy atom. The molecule has 1 saturated heterocycles. The average Bonchev–Trinajstić information content (AvgIpc) is 2.91. The Morgan fingerprint density at radius 2 is 1.84 bits per heavy atom. The number of urea groups is 1. The largest absolute Gasteiger partial charge is 0.493 e. The minimum absolute atomic E-state index is 0.220. The molecule has 0 unspecified atom stereocenters. The topological polar surface area (TPSA) is 110 Å². The van der Waals surface area contributed by atoms with E-state index in [1.807, 2.05) is 36.4 Å². The molecule has 3 N–H and O–H groups in total. The van der Waals surface area contributed by atoms with Gasteiger partial charge in [0.15, 0.2) is 11.5 Å². The van der Waals surface area contributed by atoms with E-state index in [4.69, 9.17) is 14.2 Å². The summed E-state index contributed by atoms with van der Waals surface area (Å²) >= 11 is 0. The summed E-state index contributed by atoms with van der Waals surface area (Å²) in [5, 5.41) is 9.85. The minimum atomic E-state index is -0.220. The number of morpholine rings is 1. The van der Waals surface area contributed by atoms with Gasteiger partial charge in [-0.1, -0.05) is 13.8 Å². The highest BCUT2D eigenvalue weighted by molar-refractivity contribution is 5.93. The van der Waals surface area contributed by atoms with Gasteiger partial charge in [0.25, 0.3) is 0 Å². The highest BCUT2D eigenvalue weighted by Crippen LogP contribution is 2.35. The molecule has 1 aliphatic rings. The molecule has 198 valence electrons. The van der Waals surface area contributed by atoms with Gasteiger partial charge in [0.1, 0.15) is 12.1 Å². The summed E-state index contributed by atoms with van der Waals surface area (Å²) in [7, 11) is 1.63. The molecule has 37 heavy (non-hydrogen) atoms. The molecule has 2 aromatic carbocycles. The number of nitrogens with one attached hydrogen (secondary N) is 3. The van der Waals surface area contributed by atoms with Crippen LogP contribution in [0, 0.1) is 5.92 Å². The van der Waals surface area contributed by atoms with Crippen LogP contribution in [0.1, 0.15) is 20.3 Å². The summed E-state index contributed by atoms with van der Waals surface area (Å²) in [6.07, 6.45) is 2.43. The SMILES string of the molecule is COc1cc2ncnc(Nc3ccc(NC(=O)NCC(C)C)cc3)c2cc1OCCCN1CCOCC1. The lowest BCUT2D eigenvalue weighted by molar-refractivity contribution is 0.0357. The van der Waals surface area contributed by atoms with Crippen LogP contribution in [0.3, 0.4) is 0 Å². The maximum Gasteiger partial charge on any atom is 0.319 e. The summed E-state index contributed by atoms with van der Waals surface area (Å²) in [6, 6.07) is 11.0. The summed E-state index contributed by atoms with van der Waals surface area (Å²) in [5.74, 6) is 2.33. The van der Waals surface area contributed by atoms with Gasteiger partial charge in [0.05, 0.1) is 32.4 Å². The number of carbonyl (C=O) groups excluding carboxylic acids is 1. The quantitative estimate of drug-likeness (QED) is 0.330. The van der Waals surface area contributed by atoms with Gasteiger partial charge in [-0.3, -0.25) is 4.90 Å². The zero-order valence-corrected chi connectivity index (χ0v) is 21.8. The molecule has 0 saturated carbocycles. The molecule has 0 bridgehead atoms. The van der Waals surface area contributed by atoms with Crippen LogP contribution in [-0.2, 0) is 4.74 Å². The number of nitrogens with zero attached hydrogens (tertiary/aromatic N) is 3. The van der Waals surface area contributed by atoms with Crippen molar-refractivity contribution in [2.24, 2.45) is 5.92 Å². The van der Waals surface area contributed by atoms with E-state index in [2.05, 4.69) is 44.7 Å². The van der Waals surface area contributed by atoms with E-state index in [0.29, 0.717) is 42.1 Å². The smallest absolute Gasteiger partial charge is 0.319 e. The van der Waals surface area contributed by atoms with Crippen LogP contribution in [0.5, 0.6) is 11.5 Å². The molecule has 1 aliphatic heterocycles. The van der Waals surface area contributed by atoms with Crippen molar-refractivity contribution in [1.29, 1.82) is 0 Å². The van der Waals surface area contributed by atoms with Crippen LogP contribution in [0.15, 0.2) is 42.7 Å². The molecule has 3 aromatic rings. The van der Waals surface area contributed by atoms with E-state index < -0.39 is 0 Å². The van der Waals surface area contributed by atoms with Crippen LogP contribution < -0.4 is 25.4 Å². The Hall–Kier alpha value is -3.63. The zero-order chi connectivity index (χ0) is 26.0. The van der Waals surface area contributed by atoms with Crippen molar-refractivity contribution < 1.29 is 19.0 Å². The van der Waals surface area contributed by atoms with E-state index in [0.717, 1.165) is 55.9 Å². The van der Waals surface area contributed by atoms with Crippen LogP contribution >= 0.6 is 0 Å². The molecule has 2 heterocycles. The number of hydrogen-bond donors (Lipinski definition) is 3. The third-order valence-corrected chi connectivity index (χ3v) is 5.98. The van der Waals surface area contributed by atoms with Gasteiger partial charge in [-0.2, -0.15) is 0 Å². The van der Waals surface area contributed by atoms with Crippen molar-refractivity contribution >= 4 is 34.1 Å². The number of rotatable bonds is 11. The number of carbonyl (C=O) groups is 1. The molecule has 0 spiro atoms. The van der Waals surface area contributed by atoms with E-state index in [-0.39, 0.29) is 6.03 Å². The standard InChI is InChI=1S/C27H36N6O4/c1-19(2)17-28-27(34)32-21-7-5-20(6-8-21)31-26-22-15-25(24(35-3)16-23(22)29-18-30-26)37-12-4-9-33-10-13-36-14-11-33/h5-8,15-16,18-19H,4,9-14,17H2,1-3H3,(H2,28,32,34)(H,29,30,31). The molecular weight excluding hydrogens is 472 g/mol. The lowest BCUT2D eigenvalue weighted by atomic mass is 10.2. The highest BCUT2D eigenvalue weighted by Gasteiger charge is 2.13. The first kappa shape index (κ1) is 26.4. The van der Waals surface area contributed by atoms with Crippen molar-refractivity contribution in [2.75, 3.05) is 63.7 Å². The number of methoxy groups -OCH3 is 1. The summed E-state index contributed by atoms with van der Waals surface area (Å²) in [5.41, 5.74) is 2.28. The number of ether oxygens (including phenoxy) is 3. The van der Waals surface area contributed by atoms with Gasteiger partial charge in [-0.05, 0) is 42.7 Å². The van der Waals surface area contributed by atoms with Crippen LogP contribution in [0.2, 0.25) is 0 Å². The van der Waals surface area contributed by atoms with Crippen LogP contribution in [0.4, 0.5) is 22.0 Å². The van der Waals surface area contributed by atoms with E-state index >= 15 is 0 Å². The molecule has 2 amide bonds. The monoisotopic (exact) mass is 508 g/mol. The lowest BCUT2D eigenvalue weighted by Gasteiger charge is -2.26. The second-order valence-electron chi connectivity index (χ2n) is 9.33. The first-order valence-corrected chi connectivity index (χ1v) is 12.7. The average molecular weight is 509 g/mol. The predicted molar refractivity (Wildman–Crippen MR) is 145 cm³/mol. The number of fused-ring (bicyclic) bond motifs is 1. The fraction of sp³-hybridized carbons (Fsp3) is 0.444. The van der Waals surface area contributed by atoms with Gasteiger partial charge in [0, 0.05) is 49.0 Å². The van der Waals surface area contributed by atoms with Crippen molar-refractivity contribution in [3.05, 3.63) is 42.7 Å². The molecule has 10 nitrogen and oxygen atoms in total. The third-order valence-electron chi connectivity index (χ3n) is 5.98. The second kappa shape index (κ2) is 13.1. The van der Waals surface area contributed by atoms with E-state index in [9.17, 15) is 4.79 Å². The Morgan fingerprint density at radius 1 is 1.08 bits per heavy atom. The van der Waals surface area contributed by atoms with E-state index in [1.165, 1.54) is 6.33 Å². The highest BCUT2D eigenvalue weighted by atomic mass is 16.5. The number of aromatic nitrogens is 2. The van der Waals surface area contributed by atoms with Gasteiger partial charge in [0.2, 0.25) is 0 Å². The molecular formula is C27H36N6O4. The predicted octanol–water partition coefficient (Wildman–Crippen LogP) is 4.26. The Bertz CT molecular complexity index is 1170. The Kier molecular flexibility index (Phi) is 9.34. The lowest BCUT2D eigenvalue weighted by Crippen LogP contribution is -2.37. The van der Waals surface area contributed by atoms with Crippen molar-refractivity contribution in [2.45, 2.75) is 20.3 Å². The zero-order valence-electron chi connectivity index (χ0n) is 21.8. The van der Waals surface area contributed by atoms with Crippen molar-refractivity contribution in [3.63, 3.8) is 0 Å². The summed E-state index contributed by atoms with van der Waals surface area (Å²) in [6.45, 7) is 9.79. The first-order chi connectivity index (χ1) is 18.0. The molecule has 0 aliphatic carbocycles. The van der Waals surface area contributed by atoms with Crippen LogP contribution in [0.25, 0.3) is 10.9 Å². The summed E-state index contributed by atoms with van der Waals surface area (Å²) < 4.78 is 17.1. The molecule has 0 atom stereocenters. The van der Waals surface area contributed by atoms with E-state index in [1.54, 1.807) is 7.11 Å². The molecule has 4 rings (SSSR count). The molecule has 10 heteroatoms. The normalized spacial score (nSPS) is 13.9. The summed E-state index contributed by atoms with van der Waals surface area (Å²) in [4.78, 5) is 23.3. The minimum Gasteiger partial charge on any atom is -0.493 e. The third kappa shape index (κ3) is 7.68. The Balaban J connectivity index is 1.41. The van der Waals surface area contributed by atoms with Crippen LogP contribution in [-0.4, -0.2) is 74.0 Å². The molecule has 1 fully saturated rings. The fourth-order valence-corrected chi connectivity index (χ4v) is 3.98. The van der Waals surface area contributed by atoms with Crippen molar-refractivity contribution in [1.82, 2.24) is 20.2 Å². The fourth-order valence-electron chi connectivity index (χ4n) is 3.98. The van der Waals surface area contributed by atoms with Gasteiger partial charge in [-0.25, -0.2) is 14.8 Å². The maximum atomic E-state index is 12.0. The first-order valence-electron chi connectivity index (χ1n) is 12.7. The van der Waals surface area contributed by atoms with Gasteiger partial charge < -0.3 is 30.2 Å². The number of benzene rings is 2. The number of anilines is 3.